The normalized spacial score (nSPS) is 10.8. The molecular weight excluding hydrogens is 285 g/mol. The number of carbonyl (C=O) groups is 1. The van der Waals surface area contributed by atoms with Crippen LogP contribution in [0.3, 0.4) is 0 Å². The van der Waals surface area contributed by atoms with Gasteiger partial charge in [-0.05, 0) is 26.0 Å². The fraction of sp³-hybridized carbons (Fsp3) is 0.500. The standard InChI is InChI=1S/C14H19Cl2NO2/c1-11(2)17(8-10-19-9-7-15)14(18)12-5-3-4-6-13(12)16/h3-6,11H,7-10H2,1-2H3. The molecule has 0 unspecified atom stereocenters. The summed E-state index contributed by atoms with van der Waals surface area (Å²) >= 11 is 11.6. The van der Waals surface area contributed by atoms with E-state index in [2.05, 4.69) is 0 Å². The number of hydrogen-bond acceptors (Lipinski definition) is 2. The summed E-state index contributed by atoms with van der Waals surface area (Å²) in [7, 11) is 0. The van der Waals surface area contributed by atoms with Gasteiger partial charge in [0.15, 0.2) is 0 Å². The predicted molar refractivity (Wildman–Crippen MR) is 79.2 cm³/mol. The van der Waals surface area contributed by atoms with Crippen LogP contribution >= 0.6 is 23.2 Å². The van der Waals surface area contributed by atoms with Gasteiger partial charge in [0.1, 0.15) is 0 Å². The summed E-state index contributed by atoms with van der Waals surface area (Å²) in [6.07, 6.45) is 0. The molecule has 0 N–H and O–H groups in total. The van der Waals surface area contributed by atoms with Gasteiger partial charge >= 0.3 is 0 Å². The Morgan fingerprint density at radius 1 is 1.32 bits per heavy atom. The third kappa shape index (κ3) is 5.01. The lowest BCUT2D eigenvalue weighted by Crippen LogP contribution is -2.39. The van der Waals surface area contributed by atoms with Crippen molar-refractivity contribution in [1.29, 1.82) is 0 Å². The molecule has 0 aliphatic rings. The van der Waals surface area contributed by atoms with Crippen molar-refractivity contribution in [3.63, 3.8) is 0 Å². The van der Waals surface area contributed by atoms with Crippen LogP contribution in [-0.4, -0.2) is 42.5 Å². The van der Waals surface area contributed by atoms with E-state index in [4.69, 9.17) is 27.9 Å². The van der Waals surface area contributed by atoms with E-state index < -0.39 is 0 Å². The highest BCUT2D eigenvalue weighted by Gasteiger charge is 2.20. The second-order valence-corrected chi connectivity index (χ2v) is 5.16. The van der Waals surface area contributed by atoms with Crippen molar-refractivity contribution in [3.05, 3.63) is 34.9 Å². The van der Waals surface area contributed by atoms with Gasteiger partial charge in [-0.3, -0.25) is 4.79 Å². The molecule has 0 saturated carbocycles. The first-order valence-electron chi connectivity index (χ1n) is 6.27. The third-order valence-electron chi connectivity index (χ3n) is 2.69. The zero-order valence-electron chi connectivity index (χ0n) is 11.2. The molecule has 0 aliphatic carbocycles. The van der Waals surface area contributed by atoms with E-state index in [9.17, 15) is 4.79 Å². The number of benzene rings is 1. The van der Waals surface area contributed by atoms with E-state index >= 15 is 0 Å². The van der Waals surface area contributed by atoms with Gasteiger partial charge in [0, 0.05) is 18.5 Å². The molecule has 1 aromatic carbocycles. The molecule has 0 atom stereocenters. The minimum Gasteiger partial charge on any atom is -0.378 e. The van der Waals surface area contributed by atoms with E-state index in [0.717, 1.165) is 0 Å². The maximum atomic E-state index is 12.4. The van der Waals surface area contributed by atoms with E-state index in [-0.39, 0.29) is 11.9 Å². The van der Waals surface area contributed by atoms with E-state index in [1.807, 2.05) is 26.0 Å². The summed E-state index contributed by atoms with van der Waals surface area (Å²) in [4.78, 5) is 14.2. The molecule has 1 amide bonds. The Morgan fingerprint density at radius 3 is 2.58 bits per heavy atom. The quantitative estimate of drug-likeness (QED) is 0.570. The summed E-state index contributed by atoms with van der Waals surface area (Å²) in [6, 6.07) is 7.16. The fourth-order valence-electron chi connectivity index (χ4n) is 1.70. The van der Waals surface area contributed by atoms with Crippen LogP contribution in [0.5, 0.6) is 0 Å². The van der Waals surface area contributed by atoms with Gasteiger partial charge in [-0.1, -0.05) is 23.7 Å². The average molecular weight is 304 g/mol. The molecule has 0 spiro atoms. The van der Waals surface area contributed by atoms with Crippen molar-refractivity contribution < 1.29 is 9.53 Å². The SMILES string of the molecule is CC(C)N(CCOCCCl)C(=O)c1ccccc1Cl. The van der Waals surface area contributed by atoms with Crippen LogP contribution in [0.2, 0.25) is 5.02 Å². The molecule has 1 aromatic rings. The lowest BCUT2D eigenvalue weighted by molar-refractivity contribution is 0.0596. The first kappa shape index (κ1) is 16.3. The van der Waals surface area contributed by atoms with E-state index in [1.165, 1.54) is 0 Å². The number of nitrogens with zero attached hydrogens (tertiary/aromatic N) is 1. The van der Waals surface area contributed by atoms with Crippen molar-refractivity contribution in [3.8, 4) is 0 Å². The first-order valence-corrected chi connectivity index (χ1v) is 7.18. The van der Waals surface area contributed by atoms with Crippen LogP contribution < -0.4 is 0 Å². The van der Waals surface area contributed by atoms with Crippen LogP contribution in [0.4, 0.5) is 0 Å². The van der Waals surface area contributed by atoms with Crippen LogP contribution in [-0.2, 0) is 4.74 Å². The second kappa shape index (κ2) is 8.41. The number of carbonyl (C=O) groups excluding carboxylic acids is 1. The molecule has 1 rings (SSSR count). The molecule has 0 fully saturated rings. The monoisotopic (exact) mass is 303 g/mol. The molecule has 3 nitrogen and oxygen atoms in total. The number of hydrogen-bond donors (Lipinski definition) is 0. The van der Waals surface area contributed by atoms with Gasteiger partial charge in [0.2, 0.25) is 0 Å². The smallest absolute Gasteiger partial charge is 0.255 e. The lowest BCUT2D eigenvalue weighted by atomic mass is 10.1. The number of rotatable bonds is 7. The number of amides is 1. The summed E-state index contributed by atoms with van der Waals surface area (Å²) in [5.74, 6) is 0.384. The Bertz CT molecular complexity index is 410. The van der Waals surface area contributed by atoms with Crippen LogP contribution in [0.1, 0.15) is 24.2 Å². The maximum absolute atomic E-state index is 12.4. The Labute approximate surface area is 124 Å². The Hall–Kier alpha value is -0.770. The Morgan fingerprint density at radius 2 is 2.00 bits per heavy atom. The van der Waals surface area contributed by atoms with Crippen molar-refractivity contribution in [2.24, 2.45) is 0 Å². The van der Waals surface area contributed by atoms with Crippen LogP contribution in [0, 0.1) is 0 Å². The van der Waals surface area contributed by atoms with Crippen LogP contribution in [0.15, 0.2) is 24.3 Å². The Balaban J connectivity index is 2.71. The molecule has 0 heterocycles. The molecule has 0 saturated heterocycles. The van der Waals surface area contributed by atoms with Gasteiger partial charge in [0.05, 0.1) is 23.8 Å². The predicted octanol–water partition coefficient (Wildman–Crippen LogP) is 3.45. The summed E-state index contributed by atoms with van der Waals surface area (Å²) in [6.45, 7) is 5.43. The average Bonchev–Trinajstić information content (AvgIpc) is 2.38. The van der Waals surface area contributed by atoms with Crippen molar-refractivity contribution in [1.82, 2.24) is 4.90 Å². The van der Waals surface area contributed by atoms with E-state index in [0.29, 0.717) is 36.2 Å². The molecule has 5 heteroatoms. The fourth-order valence-corrected chi connectivity index (χ4v) is 2.03. The number of alkyl halides is 1. The van der Waals surface area contributed by atoms with Gasteiger partial charge < -0.3 is 9.64 Å². The van der Waals surface area contributed by atoms with Gasteiger partial charge in [-0.2, -0.15) is 0 Å². The van der Waals surface area contributed by atoms with Crippen molar-refractivity contribution >= 4 is 29.1 Å². The molecule has 0 aliphatic heterocycles. The van der Waals surface area contributed by atoms with Crippen molar-refractivity contribution in [2.75, 3.05) is 25.6 Å². The first-order chi connectivity index (χ1) is 9.07. The second-order valence-electron chi connectivity index (χ2n) is 4.37. The van der Waals surface area contributed by atoms with Gasteiger partial charge in [-0.15, -0.1) is 11.6 Å². The van der Waals surface area contributed by atoms with Crippen molar-refractivity contribution in [2.45, 2.75) is 19.9 Å². The highest BCUT2D eigenvalue weighted by atomic mass is 35.5. The van der Waals surface area contributed by atoms with E-state index in [1.54, 1.807) is 17.0 Å². The van der Waals surface area contributed by atoms with Gasteiger partial charge in [0.25, 0.3) is 5.91 Å². The zero-order valence-corrected chi connectivity index (χ0v) is 12.7. The highest BCUT2D eigenvalue weighted by molar-refractivity contribution is 6.33. The molecule has 106 valence electrons. The molecule has 0 bridgehead atoms. The summed E-state index contributed by atoms with van der Waals surface area (Å²) in [5, 5.41) is 0.472. The zero-order chi connectivity index (χ0) is 14.3. The number of halogens is 2. The minimum absolute atomic E-state index is 0.0740. The summed E-state index contributed by atoms with van der Waals surface area (Å²) in [5.41, 5.74) is 0.523. The molecular formula is C14H19Cl2NO2. The largest absolute Gasteiger partial charge is 0.378 e. The minimum atomic E-state index is -0.0740. The Kier molecular flexibility index (Phi) is 7.21. The third-order valence-corrected chi connectivity index (χ3v) is 3.17. The molecule has 0 aromatic heterocycles. The maximum Gasteiger partial charge on any atom is 0.255 e. The number of ether oxygens (including phenoxy) is 1. The molecule has 19 heavy (non-hydrogen) atoms. The highest BCUT2D eigenvalue weighted by Crippen LogP contribution is 2.18. The topological polar surface area (TPSA) is 29.5 Å². The van der Waals surface area contributed by atoms with Gasteiger partial charge in [-0.25, -0.2) is 0 Å². The van der Waals surface area contributed by atoms with Crippen LogP contribution in [0.25, 0.3) is 0 Å². The molecule has 0 radical (unpaired) electrons. The summed E-state index contributed by atoms with van der Waals surface area (Å²) < 4.78 is 5.32. The lowest BCUT2D eigenvalue weighted by Gasteiger charge is -2.27.